The molecule has 90 valence electrons. The Morgan fingerprint density at radius 3 is 2.82 bits per heavy atom. The van der Waals surface area contributed by atoms with Gasteiger partial charge in [-0.3, -0.25) is 0 Å². The molecule has 2 atom stereocenters. The summed E-state index contributed by atoms with van der Waals surface area (Å²) in [6.07, 6.45) is 3.26. The molecule has 1 aromatic carbocycles. The lowest BCUT2D eigenvalue weighted by atomic mass is 9.92. The predicted molar refractivity (Wildman–Crippen MR) is 63.0 cm³/mol. The number of nitrogens with one attached hydrogen (secondary N) is 1. The molecule has 0 spiro atoms. The first-order valence-corrected chi connectivity index (χ1v) is 5.85. The summed E-state index contributed by atoms with van der Waals surface area (Å²) in [5.41, 5.74) is 0.490. The van der Waals surface area contributed by atoms with Gasteiger partial charge in [-0.2, -0.15) is 5.26 Å². The molecule has 17 heavy (non-hydrogen) atoms. The lowest BCUT2D eigenvalue weighted by molar-refractivity contribution is 0.116. The molecule has 2 N–H and O–H groups in total. The number of anilines is 1. The van der Waals surface area contributed by atoms with Crippen LogP contribution in [0.2, 0.25) is 0 Å². The van der Waals surface area contributed by atoms with Crippen molar-refractivity contribution in [2.45, 2.75) is 37.8 Å². The van der Waals surface area contributed by atoms with Crippen molar-refractivity contribution in [2.24, 2.45) is 0 Å². The molecule has 4 heteroatoms. The summed E-state index contributed by atoms with van der Waals surface area (Å²) in [5, 5.41) is 21.8. The normalized spacial score (nSPS) is 24.1. The average Bonchev–Trinajstić information content (AvgIpc) is 2.32. The van der Waals surface area contributed by atoms with Gasteiger partial charge in [-0.15, -0.1) is 0 Å². The summed E-state index contributed by atoms with van der Waals surface area (Å²) in [4.78, 5) is 0. The van der Waals surface area contributed by atoms with Gasteiger partial charge in [0.15, 0.2) is 0 Å². The van der Waals surface area contributed by atoms with E-state index in [0.717, 1.165) is 25.7 Å². The van der Waals surface area contributed by atoms with Crippen LogP contribution in [0.5, 0.6) is 0 Å². The molecule has 1 saturated carbocycles. The molecule has 0 bridgehead atoms. The molecule has 2 unspecified atom stereocenters. The Bertz CT molecular complexity index is 442. The topological polar surface area (TPSA) is 56.0 Å². The largest absolute Gasteiger partial charge is 0.391 e. The number of nitriles is 1. The summed E-state index contributed by atoms with van der Waals surface area (Å²) in [7, 11) is 0. The van der Waals surface area contributed by atoms with Gasteiger partial charge < -0.3 is 10.4 Å². The molecule has 0 amide bonds. The maximum Gasteiger partial charge on any atom is 0.143 e. The van der Waals surface area contributed by atoms with Gasteiger partial charge in [0.2, 0.25) is 0 Å². The number of aliphatic hydroxyl groups is 1. The molecule has 1 aliphatic rings. The van der Waals surface area contributed by atoms with Gasteiger partial charge in [-0.1, -0.05) is 18.9 Å². The Balaban J connectivity index is 2.18. The van der Waals surface area contributed by atoms with E-state index >= 15 is 0 Å². The van der Waals surface area contributed by atoms with E-state index in [2.05, 4.69) is 5.32 Å². The van der Waals surface area contributed by atoms with Gasteiger partial charge in [0.1, 0.15) is 17.4 Å². The highest BCUT2D eigenvalue weighted by Crippen LogP contribution is 2.25. The summed E-state index contributed by atoms with van der Waals surface area (Å²) in [6, 6.07) is 6.26. The minimum atomic E-state index is -0.525. The summed E-state index contributed by atoms with van der Waals surface area (Å²) < 4.78 is 13.4. The molecule has 1 fully saturated rings. The number of nitrogens with zero attached hydrogens (tertiary/aromatic N) is 1. The highest BCUT2D eigenvalue weighted by molar-refractivity contribution is 5.58. The average molecular weight is 234 g/mol. The van der Waals surface area contributed by atoms with Crippen LogP contribution in [0.4, 0.5) is 10.1 Å². The Morgan fingerprint density at radius 2 is 2.12 bits per heavy atom. The van der Waals surface area contributed by atoms with E-state index in [1.165, 1.54) is 6.07 Å². The highest BCUT2D eigenvalue weighted by atomic mass is 19.1. The standard InChI is InChI=1S/C13H15FN2O/c14-10-4-3-6-11(9(10)8-15)16-12-5-1-2-7-13(12)17/h3-4,6,12-13,16-17H,1-2,5,7H2. The van der Waals surface area contributed by atoms with Crippen molar-refractivity contribution in [1.82, 2.24) is 0 Å². The fourth-order valence-electron chi connectivity index (χ4n) is 2.24. The zero-order chi connectivity index (χ0) is 12.3. The summed E-state index contributed by atoms with van der Waals surface area (Å²) >= 11 is 0. The summed E-state index contributed by atoms with van der Waals surface area (Å²) in [6.45, 7) is 0. The maximum absolute atomic E-state index is 13.4. The van der Waals surface area contributed by atoms with E-state index in [1.807, 2.05) is 6.07 Å². The third kappa shape index (κ3) is 2.56. The minimum Gasteiger partial charge on any atom is -0.391 e. The maximum atomic E-state index is 13.4. The molecule has 0 radical (unpaired) electrons. The molecule has 3 nitrogen and oxygen atoms in total. The van der Waals surface area contributed by atoms with Crippen LogP contribution in [0.1, 0.15) is 31.2 Å². The fraction of sp³-hybridized carbons (Fsp3) is 0.462. The molecular formula is C13H15FN2O. The second kappa shape index (κ2) is 5.15. The molecule has 0 aliphatic heterocycles. The van der Waals surface area contributed by atoms with Crippen molar-refractivity contribution in [3.05, 3.63) is 29.6 Å². The first kappa shape index (κ1) is 11.9. The van der Waals surface area contributed by atoms with Gasteiger partial charge in [-0.25, -0.2) is 4.39 Å². The van der Waals surface area contributed by atoms with Crippen molar-refractivity contribution >= 4 is 5.69 Å². The zero-order valence-corrected chi connectivity index (χ0v) is 9.49. The summed E-state index contributed by atoms with van der Waals surface area (Å²) in [5.74, 6) is -0.525. The van der Waals surface area contributed by atoms with Crippen LogP contribution < -0.4 is 5.32 Å². The van der Waals surface area contributed by atoms with Gasteiger partial charge in [-0.05, 0) is 25.0 Å². The monoisotopic (exact) mass is 234 g/mol. The number of halogens is 1. The van der Waals surface area contributed by atoms with Gasteiger partial charge in [0.05, 0.1) is 17.8 Å². The molecule has 1 aliphatic carbocycles. The first-order valence-electron chi connectivity index (χ1n) is 5.85. The second-order valence-corrected chi connectivity index (χ2v) is 4.38. The van der Waals surface area contributed by atoms with E-state index in [9.17, 15) is 9.50 Å². The minimum absolute atomic E-state index is 0.0188. The van der Waals surface area contributed by atoms with Crippen LogP contribution in [0.25, 0.3) is 0 Å². The number of benzene rings is 1. The number of aliphatic hydroxyl groups excluding tert-OH is 1. The van der Waals surface area contributed by atoms with Crippen molar-refractivity contribution in [2.75, 3.05) is 5.32 Å². The van der Waals surface area contributed by atoms with Crippen LogP contribution in [0, 0.1) is 17.1 Å². The third-order valence-electron chi connectivity index (χ3n) is 3.20. The van der Waals surface area contributed by atoms with Crippen LogP contribution >= 0.6 is 0 Å². The lowest BCUT2D eigenvalue weighted by Gasteiger charge is -2.29. The molecular weight excluding hydrogens is 219 g/mol. The predicted octanol–water partition coefficient (Wildman–Crippen LogP) is 2.41. The Hall–Kier alpha value is -1.60. The Morgan fingerprint density at radius 1 is 1.35 bits per heavy atom. The second-order valence-electron chi connectivity index (χ2n) is 4.38. The number of hydrogen-bond acceptors (Lipinski definition) is 3. The van der Waals surface area contributed by atoms with E-state index in [1.54, 1.807) is 12.1 Å². The van der Waals surface area contributed by atoms with Gasteiger partial charge in [0.25, 0.3) is 0 Å². The van der Waals surface area contributed by atoms with E-state index in [4.69, 9.17) is 5.26 Å². The van der Waals surface area contributed by atoms with Crippen molar-refractivity contribution < 1.29 is 9.50 Å². The molecule has 0 aromatic heterocycles. The lowest BCUT2D eigenvalue weighted by Crippen LogP contribution is -2.36. The van der Waals surface area contributed by atoms with Crippen LogP contribution in [-0.4, -0.2) is 17.3 Å². The van der Waals surface area contributed by atoms with E-state index in [0.29, 0.717) is 5.69 Å². The number of rotatable bonds is 2. The fourth-order valence-corrected chi connectivity index (χ4v) is 2.24. The third-order valence-corrected chi connectivity index (χ3v) is 3.20. The van der Waals surface area contributed by atoms with Gasteiger partial charge >= 0.3 is 0 Å². The van der Waals surface area contributed by atoms with Crippen LogP contribution in [0.3, 0.4) is 0 Å². The Kier molecular flexibility index (Phi) is 3.60. The first-order chi connectivity index (χ1) is 8.22. The van der Waals surface area contributed by atoms with Crippen LogP contribution in [0.15, 0.2) is 18.2 Å². The highest BCUT2D eigenvalue weighted by Gasteiger charge is 2.23. The van der Waals surface area contributed by atoms with Crippen molar-refractivity contribution in [3.8, 4) is 6.07 Å². The smallest absolute Gasteiger partial charge is 0.143 e. The van der Waals surface area contributed by atoms with Crippen LogP contribution in [-0.2, 0) is 0 Å². The molecule has 1 aromatic rings. The molecule has 0 saturated heterocycles. The van der Waals surface area contributed by atoms with E-state index in [-0.39, 0.29) is 11.6 Å². The number of hydrogen-bond donors (Lipinski definition) is 2. The Labute approximate surface area is 99.9 Å². The van der Waals surface area contributed by atoms with Gasteiger partial charge in [0, 0.05) is 0 Å². The molecule has 0 heterocycles. The SMILES string of the molecule is N#Cc1c(F)cccc1NC1CCCCC1O. The molecule has 2 rings (SSSR count). The van der Waals surface area contributed by atoms with E-state index < -0.39 is 11.9 Å². The zero-order valence-electron chi connectivity index (χ0n) is 9.49. The quantitative estimate of drug-likeness (QED) is 0.826. The van der Waals surface area contributed by atoms with Crippen molar-refractivity contribution in [3.63, 3.8) is 0 Å². The van der Waals surface area contributed by atoms with Crippen molar-refractivity contribution in [1.29, 1.82) is 5.26 Å².